The van der Waals surface area contributed by atoms with Crippen molar-refractivity contribution in [1.82, 2.24) is 14.5 Å². The monoisotopic (exact) mass is 411 g/mol. The highest BCUT2D eigenvalue weighted by Gasteiger charge is 2.33. The summed E-state index contributed by atoms with van der Waals surface area (Å²) < 4.78 is 38.0. The molecule has 156 valence electrons. The van der Waals surface area contributed by atoms with Crippen molar-refractivity contribution in [3.8, 4) is 11.5 Å². The normalized spacial score (nSPS) is 19.8. The summed E-state index contributed by atoms with van der Waals surface area (Å²) in [6.07, 6.45) is 2.37. The Morgan fingerprint density at radius 1 is 1.18 bits per heavy atom. The Hall–Kier alpha value is -1.84. The average molecular weight is 412 g/mol. The minimum atomic E-state index is -3.71. The molecule has 2 fully saturated rings. The van der Waals surface area contributed by atoms with E-state index in [9.17, 15) is 13.2 Å². The summed E-state index contributed by atoms with van der Waals surface area (Å²) in [4.78, 5) is 14.3. The van der Waals surface area contributed by atoms with Crippen LogP contribution >= 0.6 is 0 Å². The highest BCUT2D eigenvalue weighted by Crippen LogP contribution is 2.32. The topological polar surface area (TPSA) is 88.2 Å². The van der Waals surface area contributed by atoms with Crippen LogP contribution in [0.25, 0.3) is 0 Å². The van der Waals surface area contributed by atoms with Gasteiger partial charge in [0.25, 0.3) is 0 Å². The molecule has 1 heterocycles. The zero-order valence-electron chi connectivity index (χ0n) is 16.7. The van der Waals surface area contributed by atoms with Crippen LogP contribution in [0.1, 0.15) is 19.8 Å². The first kappa shape index (κ1) is 20.9. The molecule has 1 aliphatic carbocycles. The standard InChI is InChI=1S/C19H29N3O5S/c1-14(15-4-5-15)20-19(23)13-21-8-10-22(11-9-21)28(24,25)18-12-16(26-2)6-7-17(18)27-3/h6-7,12,14-15H,4-5,8-11,13H2,1-3H3,(H,20,23)/t14-/m1/s1. The fourth-order valence-electron chi connectivity index (χ4n) is 3.47. The van der Waals surface area contributed by atoms with E-state index in [2.05, 4.69) is 5.32 Å². The van der Waals surface area contributed by atoms with Crippen LogP contribution in [-0.2, 0) is 14.8 Å². The van der Waals surface area contributed by atoms with Crippen molar-refractivity contribution in [3.05, 3.63) is 18.2 Å². The van der Waals surface area contributed by atoms with Crippen LogP contribution in [0.4, 0.5) is 0 Å². The zero-order valence-corrected chi connectivity index (χ0v) is 17.5. The molecule has 8 nitrogen and oxygen atoms in total. The molecule has 1 amide bonds. The number of nitrogens with one attached hydrogen (secondary N) is 1. The minimum Gasteiger partial charge on any atom is -0.497 e. The molecule has 2 aliphatic rings. The van der Waals surface area contributed by atoms with Crippen LogP contribution < -0.4 is 14.8 Å². The number of carbonyl (C=O) groups is 1. The first-order chi connectivity index (χ1) is 13.3. The second-order valence-corrected chi connectivity index (χ2v) is 9.30. The lowest BCUT2D eigenvalue weighted by Gasteiger charge is -2.34. The second-order valence-electron chi connectivity index (χ2n) is 7.39. The molecule has 1 aromatic rings. The number of sulfonamides is 1. The van der Waals surface area contributed by atoms with Crippen LogP contribution in [-0.4, -0.2) is 76.5 Å². The molecular weight excluding hydrogens is 382 g/mol. The van der Waals surface area contributed by atoms with E-state index >= 15 is 0 Å². The van der Waals surface area contributed by atoms with Crippen LogP contribution in [0, 0.1) is 5.92 Å². The summed E-state index contributed by atoms with van der Waals surface area (Å²) in [6, 6.07) is 4.95. The van der Waals surface area contributed by atoms with Crippen molar-refractivity contribution in [1.29, 1.82) is 0 Å². The Morgan fingerprint density at radius 2 is 1.86 bits per heavy atom. The highest BCUT2D eigenvalue weighted by molar-refractivity contribution is 7.89. The van der Waals surface area contributed by atoms with Gasteiger partial charge in [-0.05, 0) is 37.8 Å². The number of carbonyl (C=O) groups excluding carboxylic acids is 1. The molecule has 1 aromatic carbocycles. The maximum absolute atomic E-state index is 13.1. The molecule has 0 radical (unpaired) electrons. The molecule has 1 saturated carbocycles. The van der Waals surface area contributed by atoms with E-state index in [0.29, 0.717) is 44.4 Å². The first-order valence-corrected chi connectivity index (χ1v) is 11.0. The number of amides is 1. The summed E-state index contributed by atoms with van der Waals surface area (Å²) in [7, 11) is -0.774. The van der Waals surface area contributed by atoms with E-state index in [1.807, 2.05) is 11.8 Å². The largest absolute Gasteiger partial charge is 0.497 e. The Labute approximate surface area is 166 Å². The number of benzene rings is 1. The smallest absolute Gasteiger partial charge is 0.246 e. The van der Waals surface area contributed by atoms with Crippen molar-refractivity contribution in [3.63, 3.8) is 0 Å². The predicted molar refractivity (Wildman–Crippen MR) is 105 cm³/mol. The van der Waals surface area contributed by atoms with Crippen molar-refractivity contribution in [2.24, 2.45) is 5.92 Å². The van der Waals surface area contributed by atoms with Gasteiger partial charge in [-0.3, -0.25) is 9.69 Å². The maximum Gasteiger partial charge on any atom is 0.246 e. The Morgan fingerprint density at radius 3 is 2.43 bits per heavy atom. The lowest BCUT2D eigenvalue weighted by atomic mass is 10.2. The molecule has 0 unspecified atom stereocenters. The van der Waals surface area contributed by atoms with Crippen molar-refractivity contribution >= 4 is 15.9 Å². The van der Waals surface area contributed by atoms with Crippen LogP contribution in [0.3, 0.4) is 0 Å². The summed E-state index contributed by atoms with van der Waals surface area (Å²) in [5.74, 6) is 1.37. The van der Waals surface area contributed by atoms with Crippen molar-refractivity contribution in [2.75, 3.05) is 46.9 Å². The van der Waals surface area contributed by atoms with Gasteiger partial charge in [0.15, 0.2) is 0 Å². The zero-order chi connectivity index (χ0) is 20.3. The van der Waals surface area contributed by atoms with Gasteiger partial charge in [0.1, 0.15) is 16.4 Å². The summed E-state index contributed by atoms with van der Waals surface area (Å²) in [5.41, 5.74) is 0. The Balaban J connectivity index is 1.60. The second kappa shape index (κ2) is 8.67. The molecule has 3 rings (SSSR count). The summed E-state index contributed by atoms with van der Waals surface area (Å²) >= 11 is 0. The Kier molecular flexibility index (Phi) is 6.47. The number of hydrogen-bond donors (Lipinski definition) is 1. The number of nitrogens with zero attached hydrogens (tertiary/aromatic N) is 2. The molecule has 1 aliphatic heterocycles. The molecule has 1 N–H and O–H groups in total. The summed E-state index contributed by atoms with van der Waals surface area (Å²) in [5, 5.41) is 3.04. The van der Waals surface area contributed by atoms with E-state index in [1.165, 1.54) is 37.4 Å². The molecule has 28 heavy (non-hydrogen) atoms. The van der Waals surface area contributed by atoms with Gasteiger partial charge in [-0.2, -0.15) is 4.31 Å². The maximum atomic E-state index is 13.1. The number of piperazine rings is 1. The van der Waals surface area contributed by atoms with Crippen LogP contribution in [0.5, 0.6) is 11.5 Å². The molecule has 0 bridgehead atoms. The Bertz CT molecular complexity index is 802. The third-order valence-corrected chi connectivity index (χ3v) is 7.32. The van der Waals surface area contributed by atoms with Crippen molar-refractivity contribution < 1.29 is 22.7 Å². The lowest BCUT2D eigenvalue weighted by Crippen LogP contribution is -2.51. The van der Waals surface area contributed by atoms with Crippen molar-refractivity contribution in [2.45, 2.75) is 30.7 Å². The number of methoxy groups -OCH3 is 2. The average Bonchev–Trinajstić information content (AvgIpc) is 3.53. The minimum absolute atomic E-state index is 0.00479. The van der Waals surface area contributed by atoms with E-state index < -0.39 is 10.0 Å². The lowest BCUT2D eigenvalue weighted by molar-refractivity contribution is -0.123. The van der Waals surface area contributed by atoms with E-state index in [4.69, 9.17) is 9.47 Å². The fourth-order valence-corrected chi connectivity index (χ4v) is 5.06. The van der Waals surface area contributed by atoms with Gasteiger partial charge in [0, 0.05) is 38.3 Å². The van der Waals surface area contributed by atoms with Gasteiger partial charge < -0.3 is 14.8 Å². The van der Waals surface area contributed by atoms with Gasteiger partial charge in [-0.1, -0.05) is 0 Å². The first-order valence-electron chi connectivity index (χ1n) is 9.59. The third kappa shape index (κ3) is 4.76. The van der Waals surface area contributed by atoms with E-state index in [0.717, 1.165) is 0 Å². The number of rotatable bonds is 8. The third-order valence-electron chi connectivity index (χ3n) is 5.40. The summed E-state index contributed by atoms with van der Waals surface area (Å²) in [6.45, 7) is 4.02. The quantitative estimate of drug-likeness (QED) is 0.685. The highest BCUT2D eigenvalue weighted by atomic mass is 32.2. The molecule has 9 heteroatoms. The van der Waals surface area contributed by atoms with Gasteiger partial charge in [-0.15, -0.1) is 0 Å². The van der Waals surface area contributed by atoms with Crippen LogP contribution in [0.2, 0.25) is 0 Å². The van der Waals surface area contributed by atoms with E-state index in [1.54, 1.807) is 12.1 Å². The fraction of sp³-hybridized carbons (Fsp3) is 0.632. The predicted octanol–water partition coefficient (Wildman–Crippen LogP) is 0.925. The van der Waals surface area contributed by atoms with Crippen LogP contribution in [0.15, 0.2) is 23.1 Å². The molecular formula is C19H29N3O5S. The van der Waals surface area contributed by atoms with Gasteiger partial charge >= 0.3 is 0 Å². The van der Waals surface area contributed by atoms with E-state index in [-0.39, 0.29) is 22.6 Å². The number of ether oxygens (including phenoxy) is 2. The molecule has 0 spiro atoms. The van der Waals surface area contributed by atoms with Gasteiger partial charge in [0.05, 0.1) is 20.8 Å². The molecule has 1 saturated heterocycles. The van der Waals surface area contributed by atoms with Gasteiger partial charge in [0.2, 0.25) is 15.9 Å². The van der Waals surface area contributed by atoms with Gasteiger partial charge in [-0.25, -0.2) is 8.42 Å². The number of hydrogen-bond acceptors (Lipinski definition) is 6. The SMILES string of the molecule is COc1ccc(OC)c(S(=O)(=O)N2CCN(CC(=O)N[C@H](C)C3CC3)CC2)c1. The molecule has 0 aromatic heterocycles. The molecule has 1 atom stereocenters.